The van der Waals surface area contributed by atoms with E-state index in [-0.39, 0.29) is 0 Å². The topological polar surface area (TPSA) is 55.8 Å². The van der Waals surface area contributed by atoms with E-state index in [1.165, 1.54) is 0 Å². The van der Waals surface area contributed by atoms with Gasteiger partial charge in [0.15, 0.2) is 0 Å². The zero-order valence-corrected chi connectivity index (χ0v) is 13.3. The molecule has 0 atom stereocenters. The van der Waals surface area contributed by atoms with Crippen LogP contribution in [0.5, 0.6) is 0 Å². The van der Waals surface area contributed by atoms with Gasteiger partial charge in [-0.3, -0.25) is 4.79 Å². The molecule has 17 heavy (non-hydrogen) atoms. The first-order valence-electron chi connectivity index (χ1n) is 6.35. The summed E-state index contributed by atoms with van der Waals surface area (Å²) in [5, 5.41) is 8.14. The van der Waals surface area contributed by atoms with E-state index in [1.54, 1.807) is 0 Å². The van der Waals surface area contributed by atoms with Crippen molar-refractivity contribution in [2.75, 3.05) is 0 Å². The predicted octanol–water partition coefficient (Wildman–Crippen LogP) is 2.75. The molecule has 0 aliphatic rings. The molecule has 0 saturated carbocycles. The van der Waals surface area contributed by atoms with Crippen molar-refractivity contribution in [1.82, 2.24) is 0 Å². The van der Waals surface area contributed by atoms with Crippen LogP contribution in [0.25, 0.3) is 0 Å². The molecule has 0 rings (SSSR count). The third-order valence-corrected chi connectivity index (χ3v) is 3.40. The Hall–Kier alpha value is -0.0775. The molecule has 102 valence electrons. The minimum atomic E-state index is -0.684. The number of carboxylic acid groups (broad SMARTS) is 1. The molecule has 0 aromatic rings. The average molecular weight is 262 g/mol. The fourth-order valence-corrected chi connectivity index (χ4v) is 1.46. The fourth-order valence-electron chi connectivity index (χ4n) is 0.838. The molecule has 5 heteroatoms. The lowest BCUT2D eigenvalue weighted by atomic mass is 10.2. The van der Waals surface area contributed by atoms with Gasteiger partial charge < -0.3 is 12.7 Å². The van der Waals surface area contributed by atoms with E-state index in [0.29, 0.717) is 18.6 Å². The standard InChI is InChI=1S/C6H12O2.2C3H7O.Al.H/c1-2-3-4-5-6(7)8;2*1-3(2)4;;/h2-5H2,1H3,(H,7,8);2*3H,1-2H3;;/q;2*-1;+2;. The molecule has 0 unspecified atom stereocenters. The highest BCUT2D eigenvalue weighted by Crippen LogP contribution is 1.97. The molecule has 0 spiro atoms. The molecule has 1 N–H and O–H groups in total. The zero-order valence-electron chi connectivity index (χ0n) is 11.9. The maximum absolute atomic E-state index is 9.87. The molecule has 0 bridgehead atoms. The van der Waals surface area contributed by atoms with Gasteiger partial charge in [0.05, 0.1) is 0 Å². The molecule has 0 radical (unpaired) electrons. The fraction of sp³-hybridized carbons (Fsp3) is 0.917. The first-order valence-corrected chi connectivity index (χ1v) is 7.50. The van der Waals surface area contributed by atoms with Crippen LogP contribution in [-0.4, -0.2) is 39.2 Å². The average Bonchev–Trinajstić information content (AvgIpc) is 2.17. The Labute approximate surface area is 112 Å². The van der Waals surface area contributed by atoms with Gasteiger partial charge in [-0.05, 0) is 34.1 Å². The number of unbranched alkanes of at least 4 members (excludes halogenated alkanes) is 2. The molecule has 4 nitrogen and oxygen atoms in total. The maximum Gasteiger partial charge on any atom is 0.650 e. The van der Waals surface area contributed by atoms with Crippen LogP contribution < -0.4 is 0 Å². The Morgan fingerprint density at radius 3 is 1.88 bits per heavy atom. The SMILES string of the molecule is CC(C)[O][AlH][O]C(C)C.CCCCCC(=O)O. The van der Waals surface area contributed by atoms with E-state index in [1.807, 2.05) is 27.7 Å². The normalized spacial score (nSPS) is 10.1. The minimum Gasteiger partial charge on any atom is -0.481 e. The zero-order chi connectivity index (χ0) is 13.7. The van der Waals surface area contributed by atoms with Crippen LogP contribution >= 0.6 is 0 Å². The second-order valence-corrected chi connectivity index (χ2v) is 5.30. The second-order valence-electron chi connectivity index (χ2n) is 4.40. The highest BCUT2D eigenvalue weighted by atomic mass is 27.2. The van der Waals surface area contributed by atoms with Crippen molar-refractivity contribution in [3.05, 3.63) is 0 Å². The lowest BCUT2D eigenvalue weighted by Crippen LogP contribution is -2.14. The van der Waals surface area contributed by atoms with Crippen molar-refractivity contribution in [2.45, 2.75) is 72.5 Å². The Balaban J connectivity index is 0. The maximum atomic E-state index is 9.87. The van der Waals surface area contributed by atoms with Crippen LogP contribution in [-0.2, 0) is 12.4 Å². The number of rotatable bonds is 8. The number of hydrogen-bond acceptors (Lipinski definition) is 3. The summed E-state index contributed by atoms with van der Waals surface area (Å²) in [7, 11) is 0. The number of aliphatic carboxylic acids is 1. The third-order valence-electron chi connectivity index (χ3n) is 1.80. The highest BCUT2D eigenvalue weighted by Gasteiger charge is 2.01. The van der Waals surface area contributed by atoms with Crippen molar-refractivity contribution in [3.8, 4) is 0 Å². The van der Waals surface area contributed by atoms with Gasteiger partial charge in [0.25, 0.3) is 0 Å². The number of hydrogen-bond donors (Lipinski definition) is 1. The smallest absolute Gasteiger partial charge is 0.481 e. The summed E-state index contributed by atoms with van der Waals surface area (Å²) in [6.07, 6.45) is 3.94. The Morgan fingerprint density at radius 1 is 1.12 bits per heavy atom. The van der Waals surface area contributed by atoms with Crippen LogP contribution in [0.3, 0.4) is 0 Å². The summed E-state index contributed by atoms with van der Waals surface area (Å²) in [5.41, 5.74) is 0. The predicted molar refractivity (Wildman–Crippen MR) is 71.4 cm³/mol. The van der Waals surface area contributed by atoms with Gasteiger partial charge in [-0.25, -0.2) is 0 Å². The quantitative estimate of drug-likeness (QED) is 0.540. The van der Waals surface area contributed by atoms with Gasteiger partial charge in [-0.1, -0.05) is 19.8 Å². The monoisotopic (exact) mass is 262 g/mol. The number of carboxylic acids is 1. The summed E-state index contributed by atoms with van der Waals surface area (Å²) in [6.45, 7) is 10.2. The van der Waals surface area contributed by atoms with Gasteiger partial charge in [0, 0.05) is 18.6 Å². The Bertz CT molecular complexity index is 164. The van der Waals surface area contributed by atoms with Crippen molar-refractivity contribution < 1.29 is 17.5 Å². The van der Waals surface area contributed by atoms with Crippen molar-refractivity contribution in [2.24, 2.45) is 0 Å². The third kappa shape index (κ3) is 25.9. The molecule has 0 heterocycles. The molecule has 0 fully saturated rings. The van der Waals surface area contributed by atoms with Gasteiger partial charge >= 0.3 is 21.9 Å². The van der Waals surface area contributed by atoms with Gasteiger partial charge in [0.1, 0.15) is 0 Å². The summed E-state index contributed by atoms with van der Waals surface area (Å²) < 4.78 is 10.5. The Morgan fingerprint density at radius 2 is 1.59 bits per heavy atom. The molecule has 0 aliphatic carbocycles. The lowest BCUT2D eigenvalue weighted by molar-refractivity contribution is -0.137. The summed E-state index contributed by atoms with van der Waals surface area (Å²) in [6, 6.07) is 0. The van der Waals surface area contributed by atoms with Crippen molar-refractivity contribution in [1.29, 1.82) is 0 Å². The first-order chi connectivity index (χ1) is 7.90. The van der Waals surface area contributed by atoms with E-state index in [2.05, 4.69) is 6.92 Å². The molecular weight excluding hydrogens is 235 g/mol. The van der Waals surface area contributed by atoms with Gasteiger partial charge in [-0.15, -0.1) is 0 Å². The van der Waals surface area contributed by atoms with E-state index in [0.717, 1.165) is 19.3 Å². The van der Waals surface area contributed by atoms with Gasteiger partial charge in [-0.2, -0.15) is 0 Å². The van der Waals surface area contributed by atoms with E-state index >= 15 is 0 Å². The minimum absolute atomic E-state index is 0.327. The van der Waals surface area contributed by atoms with Crippen molar-refractivity contribution >= 4 is 21.9 Å². The second kappa shape index (κ2) is 14.0. The van der Waals surface area contributed by atoms with E-state index < -0.39 is 21.9 Å². The highest BCUT2D eigenvalue weighted by molar-refractivity contribution is 6.18. The van der Waals surface area contributed by atoms with E-state index in [9.17, 15) is 4.79 Å². The van der Waals surface area contributed by atoms with Crippen LogP contribution in [0, 0.1) is 0 Å². The van der Waals surface area contributed by atoms with Crippen LogP contribution in [0.4, 0.5) is 0 Å². The number of carbonyl (C=O) groups is 1. The molecule has 0 aromatic carbocycles. The van der Waals surface area contributed by atoms with Crippen LogP contribution in [0.15, 0.2) is 0 Å². The van der Waals surface area contributed by atoms with E-state index in [4.69, 9.17) is 12.7 Å². The first kappa shape index (κ1) is 19.3. The van der Waals surface area contributed by atoms with Crippen molar-refractivity contribution in [3.63, 3.8) is 0 Å². The van der Waals surface area contributed by atoms with Crippen LogP contribution in [0.2, 0.25) is 0 Å². The molecule has 0 amide bonds. The summed E-state index contributed by atoms with van der Waals surface area (Å²) >= 11 is -0.684. The largest absolute Gasteiger partial charge is 0.650 e. The molecule has 0 aromatic heterocycles. The van der Waals surface area contributed by atoms with Gasteiger partial charge in [0.2, 0.25) is 0 Å². The lowest BCUT2D eigenvalue weighted by Gasteiger charge is -2.09. The molecule has 0 aliphatic heterocycles. The molecule has 0 saturated heterocycles. The summed E-state index contributed by atoms with van der Waals surface area (Å²) in [5.74, 6) is -0.682. The molecular formula is C12H27AlO4. The Kier molecular flexibility index (Phi) is 15.8. The van der Waals surface area contributed by atoms with Crippen LogP contribution in [0.1, 0.15) is 60.3 Å². The summed E-state index contributed by atoms with van der Waals surface area (Å²) in [4.78, 5) is 9.87.